The van der Waals surface area contributed by atoms with Gasteiger partial charge in [0.1, 0.15) is 0 Å². The third-order valence-corrected chi connectivity index (χ3v) is 5.22. The van der Waals surface area contributed by atoms with Gasteiger partial charge in [0, 0.05) is 25.2 Å². The summed E-state index contributed by atoms with van der Waals surface area (Å²) in [4.78, 5) is 26.6. The highest BCUT2D eigenvalue weighted by molar-refractivity contribution is 6.00. The van der Waals surface area contributed by atoms with Crippen LogP contribution >= 0.6 is 0 Å². The van der Waals surface area contributed by atoms with Crippen molar-refractivity contribution in [2.24, 2.45) is 0 Å². The van der Waals surface area contributed by atoms with Crippen molar-refractivity contribution in [2.45, 2.75) is 7.43 Å². The van der Waals surface area contributed by atoms with Crippen LogP contribution in [0.3, 0.4) is 0 Å². The molecule has 0 aromatic heterocycles. The van der Waals surface area contributed by atoms with Crippen LogP contribution in [0, 0.1) is 0 Å². The van der Waals surface area contributed by atoms with Gasteiger partial charge in [0.05, 0.1) is 29.2 Å². The second kappa shape index (κ2) is 7.91. The number of carbonyl (C=O) groups is 2. The van der Waals surface area contributed by atoms with Gasteiger partial charge in [-0.05, 0) is 35.4 Å². The number of fused-ring (bicyclic) bond motifs is 1. The molecular formula is C24H24N2O4. The van der Waals surface area contributed by atoms with E-state index in [9.17, 15) is 9.59 Å². The van der Waals surface area contributed by atoms with Gasteiger partial charge >= 0.3 is 11.9 Å². The fraction of sp³-hybridized carbons (Fsp3) is 0.167. The van der Waals surface area contributed by atoms with Crippen molar-refractivity contribution in [3.8, 4) is 22.3 Å². The first-order chi connectivity index (χ1) is 13.9. The summed E-state index contributed by atoms with van der Waals surface area (Å²) in [6, 6.07) is 17.8. The molecule has 0 saturated carbocycles. The normalized spacial score (nSPS) is 12.3. The molecule has 1 aliphatic heterocycles. The van der Waals surface area contributed by atoms with E-state index in [1.165, 1.54) is 0 Å². The Morgan fingerprint density at radius 3 is 1.30 bits per heavy atom. The fourth-order valence-corrected chi connectivity index (χ4v) is 3.86. The SMILES string of the molecule is C.CN1CN(C)c2c(-c3ccc(C(=O)O)cc3)ccc(-c3ccc(C(=O)O)cc3)c21. The number of carboxylic acids is 2. The van der Waals surface area contributed by atoms with Crippen LogP contribution in [-0.2, 0) is 0 Å². The van der Waals surface area contributed by atoms with Crippen LogP contribution in [0.1, 0.15) is 28.1 Å². The van der Waals surface area contributed by atoms with Gasteiger partial charge in [0.25, 0.3) is 0 Å². The molecule has 0 aliphatic carbocycles. The Hall–Kier alpha value is -3.80. The third-order valence-electron chi connectivity index (χ3n) is 5.22. The maximum Gasteiger partial charge on any atom is 0.335 e. The molecule has 1 aliphatic rings. The highest BCUT2D eigenvalue weighted by Crippen LogP contribution is 2.48. The quantitative estimate of drug-likeness (QED) is 0.644. The van der Waals surface area contributed by atoms with E-state index in [0.29, 0.717) is 0 Å². The molecule has 0 saturated heterocycles. The molecule has 0 radical (unpaired) electrons. The first-order valence-electron chi connectivity index (χ1n) is 9.13. The Labute approximate surface area is 175 Å². The number of aromatic carboxylic acids is 2. The summed E-state index contributed by atoms with van der Waals surface area (Å²) in [5, 5.41) is 18.3. The monoisotopic (exact) mass is 404 g/mol. The fourth-order valence-electron chi connectivity index (χ4n) is 3.86. The molecule has 2 N–H and O–H groups in total. The Kier molecular flexibility index (Phi) is 5.52. The molecule has 0 spiro atoms. The summed E-state index contributed by atoms with van der Waals surface area (Å²) >= 11 is 0. The van der Waals surface area contributed by atoms with Crippen LogP contribution in [0.2, 0.25) is 0 Å². The highest BCUT2D eigenvalue weighted by atomic mass is 16.4. The predicted molar refractivity (Wildman–Crippen MR) is 120 cm³/mol. The Morgan fingerprint density at radius 2 is 1.00 bits per heavy atom. The van der Waals surface area contributed by atoms with E-state index in [2.05, 4.69) is 9.80 Å². The standard InChI is InChI=1S/C23H20N2O4.CH4/c1-24-13-25(2)21-19(15-5-9-17(10-6-15)23(28)29)12-11-18(20(21)24)14-3-7-16(8-4-14)22(26)27;/h3-12H,13H2,1-2H3,(H,26,27)(H,28,29);1H4. The van der Waals surface area contributed by atoms with Crippen LogP contribution in [0.5, 0.6) is 0 Å². The van der Waals surface area contributed by atoms with Crippen LogP contribution in [0.15, 0.2) is 60.7 Å². The zero-order valence-electron chi connectivity index (χ0n) is 16.1. The van der Waals surface area contributed by atoms with Gasteiger partial charge in [-0.3, -0.25) is 0 Å². The van der Waals surface area contributed by atoms with Gasteiger partial charge in [0.2, 0.25) is 0 Å². The molecule has 0 atom stereocenters. The van der Waals surface area contributed by atoms with E-state index < -0.39 is 11.9 Å². The van der Waals surface area contributed by atoms with E-state index >= 15 is 0 Å². The van der Waals surface area contributed by atoms with Crippen molar-refractivity contribution in [2.75, 3.05) is 30.6 Å². The Morgan fingerprint density at radius 1 is 0.667 bits per heavy atom. The van der Waals surface area contributed by atoms with Crippen molar-refractivity contribution in [3.63, 3.8) is 0 Å². The van der Waals surface area contributed by atoms with Gasteiger partial charge in [-0.2, -0.15) is 0 Å². The van der Waals surface area contributed by atoms with Gasteiger partial charge < -0.3 is 20.0 Å². The summed E-state index contributed by atoms with van der Waals surface area (Å²) in [6.07, 6.45) is 0. The number of hydrogen-bond donors (Lipinski definition) is 2. The number of rotatable bonds is 4. The first kappa shape index (κ1) is 20.9. The minimum Gasteiger partial charge on any atom is -0.478 e. The van der Waals surface area contributed by atoms with Crippen LogP contribution in [0.25, 0.3) is 22.3 Å². The van der Waals surface area contributed by atoms with Gasteiger partial charge in [0.15, 0.2) is 0 Å². The Balaban J connectivity index is 0.00000256. The van der Waals surface area contributed by atoms with Crippen molar-refractivity contribution >= 4 is 23.3 Å². The van der Waals surface area contributed by atoms with E-state index in [-0.39, 0.29) is 18.6 Å². The molecule has 0 fully saturated rings. The maximum atomic E-state index is 11.1. The molecule has 6 nitrogen and oxygen atoms in total. The van der Waals surface area contributed by atoms with Crippen LogP contribution in [0.4, 0.5) is 11.4 Å². The summed E-state index contributed by atoms with van der Waals surface area (Å²) in [7, 11) is 4.05. The molecule has 1 heterocycles. The topological polar surface area (TPSA) is 81.1 Å². The van der Waals surface area contributed by atoms with E-state index in [1.54, 1.807) is 24.3 Å². The van der Waals surface area contributed by atoms with E-state index in [4.69, 9.17) is 10.2 Å². The minimum absolute atomic E-state index is 0. The molecular weight excluding hydrogens is 380 g/mol. The lowest BCUT2D eigenvalue weighted by atomic mass is 9.95. The second-order valence-electron chi connectivity index (χ2n) is 7.16. The van der Waals surface area contributed by atoms with Gasteiger partial charge in [-0.1, -0.05) is 43.8 Å². The van der Waals surface area contributed by atoms with Crippen LogP contribution < -0.4 is 9.80 Å². The lowest BCUT2D eigenvalue weighted by molar-refractivity contribution is 0.0686. The zero-order valence-corrected chi connectivity index (χ0v) is 16.1. The average Bonchev–Trinajstić information content (AvgIpc) is 3.02. The number of benzene rings is 3. The van der Waals surface area contributed by atoms with Crippen molar-refractivity contribution in [3.05, 3.63) is 71.8 Å². The number of anilines is 2. The molecule has 0 bridgehead atoms. The molecule has 154 valence electrons. The molecule has 30 heavy (non-hydrogen) atoms. The van der Waals surface area contributed by atoms with Crippen molar-refractivity contribution < 1.29 is 19.8 Å². The highest BCUT2D eigenvalue weighted by Gasteiger charge is 2.27. The lowest BCUT2D eigenvalue weighted by Crippen LogP contribution is -2.24. The molecule has 6 heteroatoms. The summed E-state index contributed by atoms with van der Waals surface area (Å²) in [5.41, 5.74) is 6.58. The third kappa shape index (κ3) is 3.48. The van der Waals surface area contributed by atoms with Crippen molar-refractivity contribution in [1.29, 1.82) is 0 Å². The Bertz CT molecular complexity index is 1020. The van der Waals surface area contributed by atoms with Gasteiger partial charge in [-0.25, -0.2) is 9.59 Å². The first-order valence-corrected chi connectivity index (χ1v) is 9.13. The molecule has 3 aromatic carbocycles. The molecule has 0 amide bonds. The van der Waals surface area contributed by atoms with E-state index in [1.807, 2.05) is 50.5 Å². The molecule has 3 aromatic rings. The predicted octanol–water partition coefficient (Wildman–Crippen LogP) is 4.90. The largest absolute Gasteiger partial charge is 0.478 e. The number of carboxylic acid groups (broad SMARTS) is 2. The minimum atomic E-state index is -0.946. The molecule has 0 unspecified atom stereocenters. The lowest BCUT2D eigenvalue weighted by Gasteiger charge is -2.18. The van der Waals surface area contributed by atoms with E-state index in [0.717, 1.165) is 40.3 Å². The summed E-state index contributed by atoms with van der Waals surface area (Å²) in [5.74, 6) is -1.89. The van der Waals surface area contributed by atoms with Crippen molar-refractivity contribution in [1.82, 2.24) is 0 Å². The van der Waals surface area contributed by atoms with Gasteiger partial charge in [-0.15, -0.1) is 0 Å². The average molecular weight is 404 g/mol. The molecule has 4 rings (SSSR count). The smallest absolute Gasteiger partial charge is 0.335 e. The van der Waals surface area contributed by atoms with Crippen LogP contribution in [-0.4, -0.2) is 42.9 Å². The summed E-state index contributed by atoms with van der Waals surface area (Å²) < 4.78 is 0. The zero-order chi connectivity index (χ0) is 20.7. The number of hydrogen-bond acceptors (Lipinski definition) is 4. The second-order valence-corrected chi connectivity index (χ2v) is 7.16. The maximum absolute atomic E-state index is 11.1. The summed E-state index contributed by atoms with van der Waals surface area (Å²) in [6.45, 7) is 0.722. The number of nitrogens with zero attached hydrogens (tertiary/aromatic N) is 2.